The second-order valence-corrected chi connectivity index (χ2v) is 8.35. The van der Waals surface area contributed by atoms with E-state index in [2.05, 4.69) is 20.6 Å². The van der Waals surface area contributed by atoms with Gasteiger partial charge < -0.3 is 14.8 Å². The first-order chi connectivity index (χ1) is 14.8. The number of hydrogen-bond acceptors (Lipinski definition) is 7. The van der Waals surface area contributed by atoms with Crippen molar-refractivity contribution in [3.8, 4) is 5.75 Å². The van der Waals surface area contributed by atoms with Crippen molar-refractivity contribution in [2.24, 2.45) is 7.05 Å². The van der Waals surface area contributed by atoms with Gasteiger partial charge in [0.05, 0.1) is 12.5 Å². The number of nitrogens with zero attached hydrogens (tertiary/aromatic N) is 3. The number of hydrogen-bond donors (Lipinski definition) is 2. The monoisotopic (exact) mass is 439 g/mol. The zero-order valence-electron chi connectivity index (χ0n) is 17.4. The summed E-state index contributed by atoms with van der Waals surface area (Å²) < 4.78 is 12.7. The number of esters is 1. The van der Waals surface area contributed by atoms with Crippen LogP contribution in [0.25, 0.3) is 10.2 Å². The first kappa shape index (κ1) is 20.6. The van der Waals surface area contributed by atoms with E-state index in [4.69, 9.17) is 9.47 Å². The van der Waals surface area contributed by atoms with Crippen molar-refractivity contribution in [3.05, 3.63) is 58.7 Å². The molecule has 3 aromatic heterocycles. The lowest BCUT2D eigenvalue weighted by molar-refractivity contribution is -0.00342. The Balaban J connectivity index is 1.56. The van der Waals surface area contributed by atoms with Gasteiger partial charge in [-0.25, -0.2) is 4.79 Å². The summed E-state index contributed by atoms with van der Waals surface area (Å²) in [5.74, 6) is 0.225. The number of rotatable bonds is 6. The molecular weight excluding hydrogens is 418 g/mol. The van der Waals surface area contributed by atoms with Gasteiger partial charge in [-0.1, -0.05) is 18.2 Å². The van der Waals surface area contributed by atoms with Crippen molar-refractivity contribution in [1.82, 2.24) is 20.0 Å². The number of H-pyrrole nitrogens is 1. The van der Waals surface area contributed by atoms with Gasteiger partial charge in [-0.15, -0.1) is 11.3 Å². The fourth-order valence-electron chi connectivity index (χ4n) is 3.26. The molecule has 4 aromatic rings. The average Bonchev–Trinajstić information content (AvgIpc) is 3.44. The second-order valence-electron chi connectivity index (χ2n) is 7.32. The molecule has 0 saturated carbocycles. The molecular formula is C21H21N5O4S. The minimum absolute atomic E-state index is 0.335. The zero-order valence-corrected chi connectivity index (χ0v) is 18.2. The molecule has 0 aliphatic carbocycles. The van der Waals surface area contributed by atoms with Gasteiger partial charge in [0.15, 0.2) is 0 Å². The highest BCUT2D eigenvalue weighted by Gasteiger charge is 2.30. The number of amides is 1. The topological polar surface area (TPSA) is 111 Å². The molecule has 0 atom stereocenters. The minimum Gasteiger partial charge on any atom is -0.496 e. The Morgan fingerprint density at radius 3 is 2.71 bits per heavy atom. The van der Waals surface area contributed by atoms with E-state index in [1.165, 1.54) is 16.0 Å². The summed E-state index contributed by atoms with van der Waals surface area (Å²) >= 11 is 1.18. The molecule has 31 heavy (non-hydrogen) atoms. The van der Waals surface area contributed by atoms with Crippen LogP contribution in [0.1, 0.15) is 39.6 Å². The number of thiophene rings is 1. The van der Waals surface area contributed by atoms with Gasteiger partial charge in [-0.2, -0.15) is 10.2 Å². The van der Waals surface area contributed by atoms with Crippen molar-refractivity contribution < 1.29 is 19.1 Å². The van der Waals surface area contributed by atoms with E-state index in [1.807, 2.05) is 38.1 Å². The van der Waals surface area contributed by atoms with Crippen LogP contribution in [0, 0.1) is 0 Å². The number of aromatic amines is 1. The lowest BCUT2D eigenvalue weighted by Crippen LogP contribution is -2.26. The highest BCUT2D eigenvalue weighted by atomic mass is 32.1. The van der Waals surface area contributed by atoms with Gasteiger partial charge in [0.1, 0.15) is 32.6 Å². The van der Waals surface area contributed by atoms with Crippen LogP contribution in [-0.2, 0) is 17.4 Å². The number of methoxy groups -OCH3 is 1. The predicted molar refractivity (Wildman–Crippen MR) is 117 cm³/mol. The summed E-state index contributed by atoms with van der Waals surface area (Å²) in [5, 5.41) is 14.4. The average molecular weight is 439 g/mol. The third-order valence-corrected chi connectivity index (χ3v) is 5.86. The van der Waals surface area contributed by atoms with E-state index >= 15 is 0 Å². The van der Waals surface area contributed by atoms with Gasteiger partial charge in [-0.3, -0.25) is 14.6 Å². The molecule has 2 N–H and O–H groups in total. The van der Waals surface area contributed by atoms with Crippen molar-refractivity contribution in [2.45, 2.75) is 19.4 Å². The molecule has 10 heteroatoms. The maximum atomic E-state index is 12.9. The highest BCUT2D eigenvalue weighted by molar-refractivity contribution is 7.20. The fourth-order valence-corrected chi connectivity index (χ4v) is 4.13. The number of aromatic nitrogens is 4. The van der Waals surface area contributed by atoms with Crippen LogP contribution in [0.4, 0.5) is 5.82 Å². The van der Waals surface area contributed by atoms with Crippen LogP contribution >= 0.6 is 11.3 Å². The summed E-state index contributed by atoms with van der Waals surface area (Å²) in [6.45, 7) is 3.61. The number of aryl methyl sites for hydroxylation is 1. The summed E-state index contributed by atoms with van der Waals surface area (Å²) in [6, 6.07) is 10.7. The third-order valence-electron chi connectivity index (χ3n) is 4.85. The van der Waals surface area contributed by atoms with E-state index < -0.39 is 11.6 Å². The van der Waals surface area contributed by atoms with Crippen molar-refractivity contribution in [3.63, 3.8) is 0 Å². The molecule has 0 spiro atoms. The smallest absolute Gasteiger partial charge is 0.349 e. The molecule has 3 heterocycles. The van der Waals surface area contributed by atoms with E-state index in [0.717, 1.165) is 5.56 Å². The zero-order chi connectivity index (χ0) is 22.2. The summed E-state index contributed by atoms with van der Waals surface area (Å²) in [6.07, 6.45) is 1.54. The Kier molecular flexibility index (Phi) is 5.24. The number of carbonyl (C=O) groups is 2. The lowest BCUT2D eigenvalue weighted by atomic mass is 9.97. The summed E-state index contributed by atoms with van der Waals surface area (Å²) in [5.41, 5.74) is 0.251. The van der Waals surface area contributed by atoms with E-state index in [0.29, 0.717) is 32.4 Å². The number of fused-ring (bicyclic) bond motifs is 1. The van der Waals surface area contributed by atoms with Gasteiger partial charge in [0.25, 0.3) is 5.91 Å². The largest absolute Gasteiger partial charge is 0.496 e. The highest BCUT2D eigenvalue weighted by Crippen LogP contribution is 2.35. The van der Waals surface area contributed by atoms with Gasteiger partial charge >= 0.3 is 5.97 Å². The van der Waals surface area contributed by atoms with Crippen LogP contribution in [0.15, 0.2) is 42.6 Å². The van der Waals surface area contributed by atoms with E-state index in [-0.39, 0.29) is 5.91 Å². The Morgan fingerprint density at radius 1 is 1.23 bits per heavy atom. The molecule has 160 valence electrons. The van der Waals surface area contributed by atoms with Gasteiger partial charge in [0.2, 0.25) is 0 Å². The molecule has 4 rings (SSSR count). The Morgan fingerprint density at radius 2 is 2.00 bits per heavy atom. The van der Waals surface area contributed by atoms with Crippen LogP contribution in [0.2, 0.25) is 0 Å². The molecule has 0 aliphatic rings. The first-order valence-electron chi connectivity index (χ1n) is 9.44. The Bertz CT molecular complexity index is 1270. The maximum Gasteiger partial charge on any atom is 0.349 e. The SMILES string of the molecule is COc1ccccc1C(C)(C)OC(=O)c1cc2c(NC(=O)c3ccnn3C)[nH]nc2s1. The number of para-hydroxylation sites is 1. The molecule has 0 saturated heterocycles. The van der Waals surface area contributed by atoms with Crippen LogP contribution in [0.5, 0.6) is 5.75 Å². The van der Waals surface area contributed by atoms with Crippen molar-refractivity contribution >= 4 is 39.2 Å². The molecule has 0 fully saturated rings. The summed E-state index contributed by atoms with van der Waals surface area (Å²) in [7, 11) is 3.26. The van der Waals surface area contributed by atoms with Crippen molar-refractivity contribution in [2.75, 3.05) is 12.4 Å². The number of nitrogens with one attached hydrogen (secondary N) is 2. The molecule has 9 nitrogen and oxygen atoms in total. The number of carbonyl (C=O) groups excluding carboxylic acids is 2. The standard InChI is InChI=1S/C21H21N5O4S/c1-21(2,13-7-5-6-8-15(13)29-4)30-20(28)16-11-12-17(24-25-19(12)31-16)23-18(27)14-9-10-22-26(14)3/h5-11H,1-4H3,(H2,23,24,25,27). The lowest BCUT2D eigenvalue weighted by Gasteiger charge is -2.27. The minimum atomic E-state index is -0.909. The van der Waals surface area contributed by atoms with Crippen molar-refractivity contribution in [1.29, 1.82) is 0 Å². The molecule has 0 aliphatic heterocycles. The molecule has 1 aromatic carbocycles. The predicted octanol–water partition coefficient (Wildman–Crippen LogP) is 3.71. The van der Waals surface area contributed by atoms with Crippen LogP contribution in [0.3, 0.4) is 0 Å². The number of benzene rings is 1. The number of ether oxygens (including phenoxy) is 2. The quantitative estimate of drug-likeness (QED) is 0.443. The normalized spacial score (nSPS) is 11.5. The molecule has 1 amide bonds. The first-order valence-corrected chi connectivity index (χ1v) is 10.3. The second kappa shape index (κ2) is 7.88. The number of anilines is 1. The molecule has 0 unspecified atom stereocenters. The van der Waals surface area contributed by atoms with Crippen LogP contribution in [-0.4, -0.2) is 39.0 Å². The third kappa shape index (κ3) is 3.89. The van der Waals surface area contributed by atoms with E-state index in [1.54, 1.807) is 32.5 Å². The Labute approximate surface area is 182 Å². The van der Waals surface area contributed by atoms with Gasteiger partial charge in [0, 0.05) is 18.8 Å². The van der Waals surface area contributed by atoms with Crippen LogP contribution < -0.4 is 10.1 Å². The van der Waals surface area contributed by atoms with Gasteiger partial charge in [-0.05, 0) is 32.0 Å². The maximum absolute atomic E-state index is 12.9. The summed E-state index contributed by atoms with van der Waals surface area (Å²) in [4.78, 5) is 26.3. The van der Waals surface area contributed by atoms with E-state index in [9.17, 15) is 9.59 Å². The Hall–Kier alpha value is -3.66. The molecule has 0 radical (unpaired) electrons. The fraction of sp³-hybridized carbons (Fsp3) is 0.238. The molecule has 0 bridgehead atoms.